The molecule has 0 saturated carbocycles. The molecule has 3 aromatic rings. The third-order valence-electron chi connectivity index (χ3n) is 6.59. The van der Waals surface area contributed by atoms with Crippen molar-refractivity contribution in [1.29, 1.82) is 0 Å². The number of anilines is 2. The van der Waals surface area contributed by atoms with Crippen molar-refractivity contribution in [3.05, 3.63) is 72.3 Å². The lowest BCUT2D eigenvalue weighted by Gasteiger charge is -2.30. The Morgan fingerprint density at radius 3 is 2.11 bits per heavy atom. The summed E-state index contributed by atoms with van der Waals surface area (Å²) in [6.07, 6.45) is -1.01. The molecule has 3 atom stereocenters. The second-order valence-corrected chi connectivity index (χ2v) is 8.52. The van der Waals surface area contributed by atoms with Gasteiger partial charge in [-0.05, 0) is 55.5 Å². The molecule has 9 heteroatoms. The molecule has 0 spiro atoms. The molecular formula is C28H28N2O7. The molecule has 0 aliphatic carbocycles. The van der Waals surface area contributed by atoms with E-state index < -0.39 is 24.0 Å². The SMILES string of the molecule is CCOc1ccc(N2C(=O)[C@H]3[C@H](ON(c4ccccc4)[C@@H]3c3ccc(OC)c(OC)c3OC)C2=O)cc1. The van der Waals surface area contributed by atoms with Gasteiger partial charge >= 0.3 is 0 Å². The van der Waals surface area contributed by atoms with Crippen molar-refractivity contribution >= 4 is 23.2 Å². The number of amides is 2. The Bertz CT molecular complexity index is 1300. The van der Waals surface area contributed by atoms with Crippen LogP contribution in [-0.2, 0) is 14.4 Å². The van der Waals surface area contributed by atoms with Gasteiger partial charge in [0.15, 0.2) is 17.6 Å². The van der Waals surface area contributed by atoms with Crippen LogP contribution in [0, 0.1) is 5.92 Å². The first-order valence-corrected chi connectivity index (χ1v) is 11.9. The molecule has 2 amide bonds. The highest BCUT2D eigenvalue weighted by atomic mass is 16.7. The smallest absolute Gasteiger partial charge is 0.266 e. The van der Waals surface area contributed by atoms with Crippen molar-refractivity contribution in [1.82, 2.24) is 0 Å². The van der Waals surface area contributed by atoms with E-state index in [-0.39, 0.29) is 5.91 Å². The molecule has 3 aromatic carbocycles. The first-order valence-electron chi connectivity index (χ1n) is 11.9. The number of fused-ring (bicyclic) bond motifs is 1. The molecule has 5 rings (SSSR count). The maximum Gasteiger partial charge on any atom is 0.266 e. The van der Waals surface area contributed by atoms with Gasteiger partial charge in [-0.15, -0.1) is 0 Å². The highest BCUT2D eigenvalue weighted by Gasteiger charge is 2.61. The fourth-order valence-corrected chi connectivity index (χ4v) is 5.00. The first-order chi connectivity index (χ1) is 18.0. The van der Waals surface area contributed by atoms with Gasteiger partial charge in [0.2, 0.25) is 11.7 Å². The number of imide groups is 1. The number of para-hydroxylation sites is 1. The molecule has 0 bridgehead atoms. The number of carbonyl (C=O) groups is 2. The lowest BCUT2D eigenvalue weighted by Crippen LogP contribution is -2.37. The zero-order valence-corrected chi connectivity index (χ0v) is 21.0. The van der Waals surface area contributed by atoms with Crippen molar-refractivity contribution in [2.75, 3.05) is 37.9 Å². The van der Waals surface area contributed by atoms with Gasteiger partial charge in [0.05, 0.1) is 39.3 Å². The Morgan fingerprint density at radius 2 is 1.49 bits per heavy atom. The van der Waals surface area contributed by atoms with E-state index in [2.05, 4.69) is 0 Å². The van der Waals surface area contributed by atoms with Crippen LogP contribution in [0.1, 0.15) is 18.5 Å². The Balaban J connectivity index is 1.61. The molecular weight excluding hydrogens is 476 g/mol. The summed E-state index contributed by atoms with van der Waals surface area (Å²) >= 11 is 0. The Hall–Kier alpha value is -4.24. The zero-order chi connectivity index (χ0) is 26.1. The van der Waals surface area contributed by atoms with Crippen molar-refractivity contribution in [2.45, 2.75) is 19.1 Å². The molecule has 2 aliphatic rings. The van der Waals surface area contributed by atoms with Crippen LogP contribution in [-0.4, -0.2) is 45.9 Å². The third-order valence-corrected chi connectivity index (χ3v) is 6.59. The summed E-state index contributed by atoms with van der Waals surface area (Å²) in [5.74, 6) is 0.309. The van der Waals surface area contributed by atoms with Gasteiger partial charge in [0.1, 0.15) is 17.7 Å². The maximum atomic E-state index is 13.9. The van der Waals surface area contributed by atoms with Crippen LogP contribution in [0.25, 0.3) is 0 Å². The minimum atomic E-state index is -1.01. The van der Waals surface area contributed by atoms with Crippen LogP contribution in [0.2, 0.25) is 0 Å². The summed E-state index contributed by atoms with van der Waals surface area (Å²) in [5, 5.41) is 1.62. The second kappa shape index (κ2) is 10.0. The average Bonchev–Trinajstić information content (AvgIpc) is 3.44. The number of benzene rings is 3. The van der Waals surface area contributed by atoms with E-state index in [1.165, 1.54) is 26.2 Å². The molecule has 9 nitrogen and oxygen atoms in total. The van der Waals surface area contributed by atoms with Crippen molar-refractivity contribution in [3.63, 3.8) is 0 Å². The van der Waals surface area contributed by atoms with Crippen LogP contribution < -0.4 is 28.9 Å². The highest BCUT2D eigenvalue weighted by Crippen LogP contribution is 2.52. The lowest BCUT2D eigenvalue weighted by molar-refractivity contribution is -0.126. The summed E-state index contributed by atoms with van der Waals surface area (Å²) < 4.78 is 22.3. The standard InChI is InChI=1S/C28H28N2O7/c1-5-36-19-13-11-17(12-14-19)29-27(31)22-23(20-15-16-21(33-2)25(35-4)24(20)34-3)30(37-26(22)28(29)32)18-9-7-6-8-10-18/h6-16,22-23,26H,5H2,1-4H3/t22-,23-,26+/m1/s1. The van der Waals surface area contributed by atoms with Gasteiger partial charge in [0.25, 0.3) is 5.91 Å². The monoisotopic (exact) mass is 504 g/mol. The van der Waals surface area contributed by atoms with E-state index in [0.717, 1.165) is 0 Å². The molecule has 2 saturated heterocycles. The zero-order valence-electron chi connectivity index (χ0n) is 21.0. The Morgan fingerprint density at radius 1 is 0.784 bits per heavy atom. The molecule has 37 heavy (non-hydrogen) atoms. The second-order valence-electron chi connectivity index (χ2n) is 8.52. The predicted molar refractivity (Wildman–Crippen MR) is 136 cm³/mol. The summed E-state index contributed by atoms with van der Waals surface area (Å²) in [6, 6.07) is 19.1. The van der Waals surface area contributed by atoms with Gasteiger partial charge in [-0.3, -0.25) is 14.4 Å². The van der Waals surface area contributed by atoms with Gasteiger partial charge < -0.3 is 18.9 Å². The molecule has 2 fully saturated rings. The fourth-order valence-electron chi connectivity index (χ4n) is 5.00. The summed E-state index contributed by atoms with van der Waals surface area (Å²) in [5.41, 5.74) is 1.79. The third kappa shape index (κ3) is 4.01. The van der Waals surface area contributed by atoms with E-state index in [9.17, 15) is 9.59 Å². The van der Waals surface area contributed by atoms with E-state index in [4.69, 9.17) is 23.8 Å². The van der Waals surface area contributed by atoms with Crippen LogP contribution in [0.4, 0.5) is 11.4 Å². The number of nitrogens with zero attached hydrogens (tertiary/aromatic N) is 2. The van der Waals surface area contributed by atoms with E-state index in [1.807, 2.05) is 43.3 Å². The topological polar surface area (TPSA) is 86.8 Å². The fraction of sp³-hybridized carbons (Fsp3) is 0.286. The number of carbonyl (C=O) groups excluding carboxylic acids is 2. The minimum Gasteiger partial charge on any atom is -0.494 e. The number of rotatable bonds is 8. The molecule has 0 radical (unpaired) electrons. The predicted octanol–water partition coefficient (Wildman–Crippen LogP) is 4.16. The van der Waals surface area contributed by atoms with Crippen LogP contribution in [0.5, 0.6) is 23.0 Å². The average molecular weight is 505 g/mol. The highest BCUT2D eigenvalue weighted by molar-refractivity contribution is 6.24. The molecule has 2 heterocycles. The van der Waals surface area contributed by atoms with Gasteiger partial charge in [0, 0.05) is 5.56 Å². The van der Waals surface area contributed by atoms with Crippen LogP contribution >= 0.6 is 0 Å². The van der Waals surface area contributed by atoms with E-state index in [1.54, 1.807) is 35.4 Å². The Labute approximate surface area is 215 Å². The maximum absolute atomic E-state index is 13.9. The largest absolute Gasteiger partial charge is 0.494 e. The normalized spacial score (nSPS) is 20.7. The minimum absolute atomic E-state index is 0.362. The molecule has 0 N–H and O–H groups in total. The van der Waals surface area contributed by atoms with Gasteiger partial charge in [-0.2, -0.15) is 0 Å². The number of hydroxylamine groups is 1. The van der Waals surface area contributed by atoms with E-state index in [0.29, 0.717) is 46.5 Å². The molecule has 192 valence electrons. The molecule has 2 aliphatic heterocycles. The van der Waals surface area contributed by atoms with E-state index >= 15 is 0 Å². The lowest BCUT2D eigenvalue weighted by atomic mass is 9.89. The number of hydrogen-bond donors (Lipinski definition) is 0. The quantitative estimate of drug-likeness (QED) is 0.423. The molecule has 0 aromatic heterocycles. The first kappa shape index (κ1) is 24.5. The summed E-state index contributed by atoms with van der Waals surface area (Å²) in [6.45, 7) is 2.41. The number of hydrogen-bond acceptors (Lipinski definition) is 8. The number of ether oxygens (including phenoxy) is 4. The molecule has 0 unspecified atom stereocenters. The number of methoxy groups -OCH3 is 3. The van der Waals surface area contributed by atoms with Crippen LogP contribution in [0.15, 0.2) is 66.7 Å². The van der Waals surface area contributed by atoms with Gasteiger partial charge in [-0.1, -0.05) is 18.2 Å². The Kier molecular flexibility index (Phi) is 6.62. The van der Waals surface area contributed by atoms with Crippen molar-refractivity contribution in [3.8, 4) is 23.0 Å². The summed E-state index contributed by atoms with van der Waals surface area (Å²) in [7, 11) is 4.58. The van der Waals surface area contributed by atoms with Crippen molar-refractivity contribution < 1.29 is 33.4 Å². The summed E-state index contributed by atoms with van der Waals surface area (Å²) in [4.78, 5) is 34.9. The van der Waals surface area contributed by atoms with Crippen LogP contribution in [0.3, 0.4) is 0 Å². The van der Waals surface area contributed by atoms with Gasteiger partial charge in [-0.25, -0.2) is 9.96 Å². The van der Waals surface area contributed by atoms with Crippen molar-refractivity contribution in [2.24, 2.45) is 5.92 Å².